The van der Waals surface area contributed by atoms with Gasteiger partial charge in [-0.1, -0.05) is 44.9 Å². The molecule has 1 aromatic carbocycles. The summed E-state index contributed by atoms with van der Waals surface area (Å²) < 4.78 is 4.90. The summed E-state index contributed by atoms with van der Waals surface area (Å²) in [4.78, 5) is 22.9. The zero-order valence-corrected chi connectivity index (χ0v) is 16.5. The van der Waals surface area contributed by atoms with Crippen LogP contribution in [0.1, 0.15) is 71.1 Å². The summed E-state index contributed by atoms with van der Waals surface area (Å²) >= 11 is 0. The van der Waals surface area contributed by atoms with Gasteiger partial charge in [-0.2, -0.15) is 0 Å². The molecule has 0 bridgehead atoms. The van der Waals surface area contributed by atoms with Crippen molar-refractivity contribution >= 4 is 17.7 Å². The number of aromatic hydroxyl groups is 1. The van der Waals surface area contributed by atoms with Crippen molar-refractivity contribution < 1.29 is 19.4 Å². The number of carbonyl (C=O) groups is 2. The van der Waals surface area contributed by atoms with Crippen molar-refractivity contribution in [3.8, 4) is 5.75 Å². The lowest BCUT2D eigenvalue weighted by molar-refractivity contribution is -0.143. The number of carbonyl (C=O) groups excluding carboxylic acids is 2. The summed E-state index contributed by atoms with van der Waals surface area (Å²) in [6, 6.07) is 6.17. The van der Waals surface area contributed by atoms with Crippen molar-refractivity contribution in [1.29, 1.82) is 0 Å². The van der Waals surface area contributed by atoms with Gasteiger partial charge in [0.25, 0.3) is 0 Å². The maximum atomic E-state index is 11.7. The number of anilines is 1. The Labute approximate surface area is 162 Å². The average Bonchev–Trinajstić information content (AvgIpc) is 2.64. The van der Waals surface area contributed by atoms with E-state index in [1.807, 2.05) is 6.92 Å². The quantitative estimate of drug-likeness (QED) is 0.242. The summed E-state index contributed by atoms with van der Waals surface area (Å²) in [5, 5.41) is 14.8. The molecule has 1 rings (SSSR count). The molecular weight excluding hydrogens is 344 g/mol. The first-order chi connectivity index (χ1) is 13.1. The molecule has 0 aliphatic carbocycles. The molecule has 0 unspecified atom stereocenters. The molecule has 152 valence electrons. The van der Waals surface area contributed by atoms with Crippen LogP contribution >= 0.6 is 0 Å². The van der Waals surface area contributed by atoms with Gasteiger partial charge in [0.15, 0.2) is 0 Å². The molecule has 6 heteroatoms. The maximum Gasteiger partial charge on any atom is 0.319 e. The Morgan fingerprint density at radius 1 is 0.889 bits per heavy atom. The van der Waals surface area contributed by atoms with E-state index in [0.717, 1.165) is 25.7 Å². The van der Waals surface area contributed by atoms with E-state index >= 15 is 0 Å². The maximum absolute atomic E-state index is 11.7. The second-order valence-electron chi connectivity index (χ2n) is 6.66. The molecule has 6 nitrogen and oxygen atoms in total. The Bertz CT molecular complexity index is 531. The van der Waals surface area contributed by atoms with E-state index < -0.39 is 0 Å². The minimum atomic E-state index is -0.219. The van der Waals surface area contributed by atoms with Crippen LogP contribution in [0.4, 0.5) is 10.5 Å². The molecule has 0 atom stereocenters. The number of phenolic OH excluding ortho intramolecular Hbond substituents is 1. The predicted molar refractivity (Wildman–Crippen MR) is 108 cm³/mol. The van der Waals surface area contributed by atoms with E-state index in [4.69, 9.17) is 4.74 Å². The topological polar surface area (TPSA) is 87.7 Å². The predicted octanol–water partition coefficient (Wildman–Crippen LogP) is 4.98. The molecule has 27 heavy (non-hydrogen) atoms. The van der Waals surface area contributed by atoms with Crippen LogP contribution in [-0.2, 0) is 9.53 Å². The van der Waals surface area contributed by atoms with Crippen molar-refractivity contribution in [3.05, 3.63) is 24.3 Å². The number of hydrogen-bond donors (Lipinski definition) is 3. The van der Waals surface area contributed by atoms with Crippen LogP contribution in [0.3, 0.4) is 0 Å². The normalized spacial score (nSPS) is 10.4. The van der Waals surface area contributed by atoms with Crippen LogP contribution in [0.5, 0.6) is 5.75 Å². The largest absolute Gasteiger partial charge is 0.508 e. The van der Waals surface area contributed by atoms with Crippen molar-refractivity contribution in [1.82, 2.24) is 5.32 Å². The fourth-order valence-corrected chi connectivity index (χ4v) is 2.79. The van der Waals surface area contributed by atoms with Gasteiger partial charge in [-0.25, -0.2) is 4.79 Å². The lowest BCUT2D eigenvalue weighted by Gasteiger charge is -2.07. The highest BCUT2D eigenvalue weighted by molar-refractivity contribution is 5.89. The van der Waals surface area contributed by atoms with E-state index in [1.165, 1.54) is 44.2 Å². The van der Waals surface area contributed by atoms with Crippen molar-refractivity contribution in [2.75, 3.05) is 18.5 Å². The molecule has 0 aromatic heterocycles. The van der Waals surface area contributed by atoms with Gasteiger partial charge in [-0.15, -0.1) is 0 Å². The molecule has 0 radical (unpaired) electrons. The zero-order valence-electron chi connectivity index (χ0n) is 16.5. The molecule has 0 saturated heterocycles. The summed E-state index contributed by atoms with van der Waals surface area (Å²) in [7, 11) is 0. The smallest absolute Gasteiger partial charge is 0.319 e. The van der Waals surface area contributed by atoms with Gasteiger partial charge in [-0.05, 0) is 44.0 Å². The Morgan fingerprint density at radius 2 is 1.44 bits per heavy atom. The Morgan fingerprint density at radius 3 is 2.04 bits per heavy atom. The van der Waals surface area contributed by atoms with Crippen LogP contribution in [0, 0.1) is 0 Å². The van der Waals surface area contributed by atoms with Gasteiger partial charge in [-0.3, -0.25) is 4.79 Å². The minimum Gasteiger partial charge on any atom is -0.508 e. The molecule has 0 heterocycles. The second kappa shape index (κ2) is 14.9. The van der Waals surface area contributed by atoms with Gasteiger partial charge < -0.3 is 20.5 Å². The zero-order chi connectivity index (χ0) is 19.7. The number of amides is 2. The molecule has 0 aliphatic rings. The van der Waals surface area contributed by atoms with Gasteiger partial charge in [0.2, 0.25) is 0 Å². The molecule has 0 fully saturated rings. The van der Waals surface area contributed by atoms with Crippen molar-refractivity contribution in [2.45, 2.75) is 71.1 Å². The number of esters is 1. The highest BCUT2D eigenvalue weighted by atomic mass is 16.5. The van der Waals surface area contributed by atoms with E-state index in [0.29, 0.717) is 25.3 Å². The Kier molecular flexibility index (Phi) is 12.6. The summed E-state index contributed by atoms with van der Waals surface area (Å²) in [5.74, 6) is 0.0977. The monoisotopic (exact) mass is 378 g/mol. The lowest BCUT2D eigenvalue weighted by Crippen LogP contribution is -2.29. The molecular formula is C21H34N2O4. The highest BCUT2D eigenvalue weighted by Crippen LogP contribution is 2.13. The first-order valence-corrected chi connectivity index (χ1v) is 10.1. The van der Waals surface area contributed by atoms with Gasteiger partial charge >= 0.3 is 12.0 Å². The lowest BCUT2D eigenvalue weighted by atomic mass is 10.1. The molecule has 1 aromatic rings. The first-order valence-electron chi connectivity index (χ1n) is 10.1. The fourth-order valence-electron chi connectivity index (χ4n) is 2.79. The molecule has 2 amide bonds. The van der Waals surface area contributed by atoms with Gasteiger partial charge in [0, 0.05) is 18.7 Å². The molecule has 3 N–H and O–H groups in total. The third-order valence-corrected chi connectivity index (χ3v) is 4.27. The van der Waals surface area contributed by atoms with E-state index in [1.54, 1.807) is 12.1 Å². The second-order valence-corrected chi connectivity index (χ2v) is 6.66. The number of urea groups is 1. The van der Waals surface area contributed by atoms with E-state index in [9.17, 15) is 14.7 Å². The van der Waals surface area contributed by atoms with Crippen molar-refractivity contribution in [3.63, 3.8) is 0 Å². The van der Waals surface area contributed by atoms with Crippen LogP contribution in [-0.4, -0.2) is 30.3 Å². The van der Waals surface area contributed by atoms with Crippen LogP contribution in [0.15, 0.2) is 24.3 Å². The highest BCUT2D eigenvalue weighted by Gasteiger charge is 2.02. The number of nitrogens with one attached hydrogen (secondary N) is 2. The van der Waals surface area contributed by atoms with E-state index in [-0.39, 0.29) is 17.7 Å². The fraction of sp³-hybridized carbons (Fsp3) is 0.619. The number of hydrogen-bond acceptors (Lipinski definition) is 4. The molecule has 0 saturated carbocycles. The van der Waals surface area contributed by atoms with Crippen LogP contribution < -0.4 is 10.6 Å². The minimum absolute atomic E-state index is 0.0807. The number of unbranched alkanes of at least 4 members (excludes halogenated alkanes) is 8. The summed E-state index contributed by atoms with van der Waals surface area (Å²) in [5.41, 5.74) is 0.660. The standard InChI is InChI=1S/C21H34N2O4/c1-2-27-20(25)12-10-8-6-4-3-5-7-9-11-17-22-21(26)23-18-13-15-19(24)16-14-18/h13-16,24H,2-12,17H2,1H3,(H2,22,23,26). The number of phenols is 1. The van der Waals surface area contributed by atoms with Crippen LogP contribution in [0.2, 0.25) is 0 Å². The average molecular weight is 379 g/mol. The summed E-state index contributed by atoms with van der Waals surface area (Å²) in [6.07, 6.45) is 10.7. The number of rotatable bonds is 14. The number of benzene rings is 1. The van der Waals surface area contributed by atoms with Gasteiger partial charge in [0.1, 0.15) is 5.75 Å². The Hall–Kier alpha value is -2.24. The van der Waals surface area contributed by atoms with Gasteiger partial charge in [0.05, 0.1) is 6.61 Å². The number of ether oxygens (including phenoxy) is 1. The SMILES string of the molecule is CCOC(=O)CCCCCCCCCCCNC(=O)Nc1ccc(O)cc1. The third kappa shape index (κ3) is 12.7. The first kappa shape index (κ1) is 22.8. The van der Waals surface area contributed by atoms with Crippen LogP contribution in [0.25, 0.3) is 0 Å². The van der Waals surface area contributed by atoms with Crippen molar-refractivity contribution in [2.24, 2.45) is 0 Å². The summed E-state index contributed by atoms with van der Waals surface area (Å²) in [6.45, 7) is 2.97. The Balaban J connectivity index is 1.85. The van der Waals surface area contributed by atoms with E-state index in [2.05, 4.69) is 10.6 Å². The molecule has 0 aliphatic heterocycles. The molecule has 0 spiro atoms. The third-order valence-electron chi connectivity index (χ3n) is 4.27.